The number of benzene rings is 3. The Balaban J connectivity index is 1.56. The second kappa shape index (κ2) is 9.46. The molecule has 0 saturated carbocycles. The number of aromatic nitrogens is 2. The second-order valence-corrected chi connectivity index (χ2v) is 10.3. The molecule has 0 bridgehead atoms. The van der Waals surface area contributed by atoms with Gasteiger partial charge in [-0.2, -0.15) is 8.75 Å². The van der Waals surface area contributed by atoms with Crippen molar-refractivity contribution >= 4 is 56.0 Å². The fourth-order valence-electron chi connectivity index (χ4n) is 3.39. The number of carbonyl (C=O) groups excluding carboxylic acids is 1. The third kappa shape index (κ3) is 5.16. The minimum atomic E-state index is -4.00. The molecule has 3 aromatic carbocycles. The number of fused-ring (bicyclic) bond motifs is 1. The molecular formula is C23H21ClN4O3S2. The van der Waals surface area contributed by atoms with Crippen LogP contribution in [-0.4, -0.2) is 29.6 Å². The standard InChI is InChI=1S/C23H21ClN4O3S2/c1-14-6-11-18(23(29)25-13-15(2)16-7-9-17(24)10-8-16)20(12-14)28-33(30,31)21-5-3-4-19-22(21)27-32-26-19/h3-12,15,28H,13H2,1-2H3,(H,25,29)/t15-/m0/s1. The highest BCUT2D eigenvalue weighted by Gasteiger charge is 2.23. The first kappa shape index (κ1) is 23.2. The maximum absolute atomic E-state index is 13.2. The van der Waals surface area contributed by atoms with Crippen LogP contribution in [0.3, 0.4) is 0 Å². The van der Waals surface area contributed by atoms with Crippen molar-refractivity contribution in [1.29, 1.82) is 0 Å². The number of amides is 1. The van der Waals surface area contributed by atoms with Gasteiger partial charge >= 0.3 is 0 Å². The lowest BCUT2D eigenvalue weighted by Gasteiger charge is -2.16. The first-order valence-corrected chi connectivity index (χ1v) is 12.7. The fraction of sp³-hybridized carbons (Fsp3) is 0.174. The number of hydrogen-bond acceptors (Lipinski definition) is 6. The summed E-state index contributed by atoms with van der Waals surface area (Å²) in [6.45, 7) is 4.20. The molecule has 0 aliphatic rings. The van der Waals surface area contributed by atoms with Crippen LogP contribution in [0.1, 0.15) is 34.3 Å². The first-order chi connectivity index (χ1) is 15.7. The van der Waals surface area contributed by atoms with Gasteiger partial charge in [-0.1, -0.05) is 42.8 Å². The minimum absolute atomic E-state index is 0.0120. The van der Waals surface area contributed by atoms with Crippen LogP contribution in [0.25, 0.3) is 11.0 Å². The molecule has 1 amide bonds. The van der Waals surface area contributed by atoms with Gasteiger partial charge in [0.1, 0.15) is 15.9 Å². The topological polar surface area (TPSA) is 101 Å². The third-order valence-corrected chi connectivity index (χ3v) is 7.40. The summed E-state index contributed by atoms with van der Waals surface area (Å²) in [4.78, 5) is 13.0. The van der Waals surface area contributed by atoms with Crippen LogP contribution in [-0.2, 0) is 10.0 Å². The molecule has 0 fully saturated rings. The van der Waals surface area contributed by atoms with Gasteiger partial charge in [0.15, 0.2) is 0 Å². The van der Waals surface area contributed by atoms with Crippen molar-refractivity contribution in [2.75, 3.05) is 11.3 Å². The number of hydrogen-bond donors (Lipinski definition) is 2. The van der Waals surface area contributed by atoms with Crippen molar-refractivity contribution in [2.24, 2.45) is 0 Å². The summed E-state index contributed by atoms with van der Waals surface area (Å²) < 4.78 is 37.1. The van der Waals surface area contributed by atoms with E-state index < -0.39 is 10.0 Å². The third-order valence-electron chi connectivity index (χ3n) is 5.21. The molecule has 4 rings (SSSR count). The van der Waals surface area contributed by atoms with Gasteiger partial charge in [0, 0.05) is 11.6 Å². The van der Waals surface area contributed by atoms with Gasteiger partial charge in [0.25, 0.3) is 15.9 Å². The molecule has 10 heteroatoms. The van der Waals surface area contributed by atoms with Crippen LogP contribution in [0.15, 0.2) is 65.6 Å². The summed E-state index contributed by atoms with van der Waals surface area (Å²) in [6, 6.07) is 17.2. The van der Waals surface area contributed by atoms with Gasteiger partial charge < -0.3 is 5.32 Å². The molecule has 4 aromatic rings. The largest absolute Gasteiger partial charge is 0.351 e. The predicted octanol–water partition coefficient (Wildman–Crippen LogP) is 4.99. The van der Waals surface area contributed by atoms with Gasteiger partial charge in [-0.15, -0.1) is 0 Å². The second-order valence-electron chi connectivity index (χ2n) is 7.71. The molecule has 0 saturated heterocycles. The molecule has 33 heavy (non-hydrogen) atoms. The Morgan fingerprint density at radius 3 is 2.61 bits per heavy atom. The number of carbonyl (C=O) groups is 1. The van der Waals surface area contributed by atoms with Crippen LogP contribution in [0.2, 0.25) is 5.02 Å². The Morgan fingerprint density at radius 1 is 1.09 bits per heavy atom. The highest BCUT2D eigenvalue weighted by atomic mass is 35.5. The van der Waals surface area contributed by atoms with Gasteiger partial charge in [-0.25, -0.2) is 8.42 Å². The molecule has 1 aromatic heterocycles. The fourth-order valence-corrected chi connectivity index (χ4v) is 5.35. The van der Waals surface area contributed by atoms with E-state index in [-0.39, 0.29) is 28.0 Å². The van der Waals surface area contributed by atoms with Gasteiger partial charge in [-0.05, 0) is 60.4 Å². The summed E-state index contributed by atoms with van der Waals surface area (Å²) in [5.74, 6) is -0.325. The molecule has 2 N–H and O–H groups in total. The zero-order valence-electron chi connectivity index (χ0n) is 17.9. The molecule has 0 radical (unpaired) electrons. The highest BCUT2D eigenvalue weighted by molar-refractivity contribution is 7.93. The van der Waals surface area contributed by atoms with E-state index in [1.165, 1.54) is 6.07 Å². The van der Waals surface area contributed by atoms with E-state index in [1.807, 2.05) is 26.0 Å². The average molecular weight is 501 g/mol. The quantitative estimate of drug-likeness (QED) is 0.372. The smallest absolute Gasteiger partial charge is 0.264 e. The zero-order chi connectivity index (χ0) is 23.6. The van der Waals surface area contributed by atoms with Gasteiger partial charge in [-0.3, -0.25) is 9.52 Å². The summed E-state index contributed by atoms with van der Waals surface area (Å²) >= 11 is 6.89. The van der Waals surface area contributed by atoms with Crippen molar-refractivity contribution in [2.45, 2.75) is 24.7 Å². The lowest BCUT2D eigenvalue weighted by molar-refractivity contribution is 0.0952. The summed E-state index contributed by atoms with van der Waals surface area (Å²) in [5, 5.41) is 3.54. The molecule has 0 spiro atoms. The van der Waals surface area contributed by atoms with E-state index in [4.69, 9.17) is 11.6 Å². The Labute approximate surface area is 201 Å². The molecule has 0 unspecified atom stereocenters. The number of nitrogens with zero attached hydrogens (tertiary/aromatic N) is 2. The van der Waals surface area contributed by atoms with Gasteiger partial charge in [0.05, 0.1) is 23.0 Å². The molecule has 170 valence electrons. The van der Waals surface area contributed by atoms with E-state index in [2.05, 4.69) is 18.8 Å². The van der Waals surface area contributed by atoms with E-state index >= 15 is 0 Å². The number of halogens is 1. The molecule has 1 heterocycles. The summed E-state index contributed by atoms with van der Waals surface area (Å²) in [5.41, 5.74) is 3.08. The van der Waals surface area contributed by atoms with Crippen molar-refractivity contribution < 1.29 is 13.2 Å². The molecule has 0 aliphatic heterocycles. The predicted molar refractivity (Wildman–Crippen MR) is 132 cm³/mol. The Morgan fingerprint density at radius 2 is 1.85 bits per heavy atom. The van der Waals surface area contributed by atoms with Crippen LogP contribution < -0.4 is 10.0 Å². The number of anilines is 1. The van der Waals surface area contributed by atoms with Crippen molar-refractivity contribution in [3.8, 4) is 0 Å². The number of sulfonamides is 1. The monoisotopic (exact) mass is 500 g/mol. The first-order valence-electron chi connectivity index (χ1n) is 10.1. The minimum Gasteiger partial charge on any atom is -0.351 e. The number of nitrogens with one attached hydrogen (secondary N) is 2. The summed E-state index contributed by atoms with van der Waals surface area (Å²) in [6.07, 6.45) is 0. The molecular weight excluding hydrogens is 480 g/mol. The summed E-state index contributed by atoms with van der Waals surface area (Å²) in [7, 11) is -4.00. The van der Waals surface area contributed by atoms with Crippen molar-refractivity contribution in [3.63, 3.8) is 0 Å². The number of rotatable bonds is 7. The van der Waals surface area contributed by atoms with Crippen molar-refractivity contribution in [3.05, 3.63) is 82.4 Å². The Hall–Kier alpha value is -3.01. The lowest BCUT2D eigenvalue weighted by Crippen LogP contribution is -2.28. The van der Waals surface area contributed by atoms with Crippen molar-refractivity contribution in [1.82, 2.24) is 14.1 Å². The lowest BCUT2D eigenvalue weighted by atomic mass is 10.0. The van der Waals surface area contributed by atoms with E-state index in [9.17, 15) is 13.2 Å². The average Bonchev–Trinajstić information content (AvgIpc) is 3.26. The van der Waals surface area contributed by atoms with E-state index in [0.29, 0.717) is 22.6 Å². The van der Waals surface area contributed by atoms with Crippen LogP contribution in [0.4, 0.5) is 5.69 Å². The molecule has 7 nitrogen and oxygen atoms in total. The zero-order valence-corrected chi connectivity index (χ0v) is 20.3. The van der Waals surface area contributed by atoms with E-state index in [1.54, 1.807) is 42.5 Å². The molecule has 1 atom stereocenters. The maximum Gasteiger partial charge on any atom is 0.264 e. The van der Waals surface area contributed by atoms with Crippen LogP contribution in [0.5, 0.6) is 0 Å². The van der Waals surface area contributed by atoms with Crippen LogP contribution in [0, 0.1) is 6.92 Å². The molecule has 0 aliphatic carbocycles. The maximum atomic E-state index is 13.2. The normalized spacial score (nSPS) is 12.5. The highest BCUT2D eigenvalue weighted by Crippen LogP contribution is 2.26. The van der Waals surface area contributed by atoms with E-state index in [0.717, 1.165) is 22.9 Å². The van der Waals surface area contributed by atoms with Gasteiger partial charge in [0.2, 0.25) is 0 Å². The number of aryl methyl sites for hydroxylation is 1. The SMILES string of the molecule is Cc1ccc(C(=O)NC[C@H](C)c2ccc(Cl)cc2)c(NS(=O)(=O)c2cccc3nsnc23)c1. The Kier molecular flexibility index (Phi) is 6.64. The Bertz CT molecular complexity index is 1420. The van der Waals surface area contributed by atoms with Crippen LogP contribution >= 0.6 is 23.3 Å².